The van der Waals surface area contributed by atoms with Gasteiger partial charge in [-0.2, -0.15) is 0 Å². The molecule has 1 fully saturated rings. The van der Waals surface area contributed by atoms with Crippen LogP contribution in [0.3, 0.4) is 0 Å². The number of hydrogen-bond acceptors (Lipinski definition) is 3. The van der Waals surface area contributed by atoms with Gasteiger partial charge in [0.15, 0.2) is 0 Å². The lowest BCUT2D eigenvalue weighted by Gasteiger charge is -2.34. The van der Waals surface area contributed by atoms with Crippen molar-refractivity contribution in [3.8, 4) is 11.3 Å². The molecule has 25 heavy (non-hydrogen) atoms. The highest BCUT2D eigenvalue weighted by molar-refractivity contribution is 9.11. The third-order valence-corrected chi connectivity index (χ3v) is 5.80. The van der Waals surface area contributed by atoms with E-state index < -0.39 is 0 Å². The molecule has 3 nitrogen and oxygen atoms in total. The number of halogens is 2. The molecule has 5 heteroatoms. The number of fused-ring (bicyclic) bond motifs is 1. The zero-order chi connectivity index (χ0) is 17.4. The quantitative estimate of drug-likeness (QED) is 0.525. The smallest absolute Gasteiger partial charge is 0.0852 e. The maximum atomic E-state index is 4.85. The predicted octanol–water partition coefficient (Wildman–Crippen LogP) is 5.18. The van der Waals surface area contributed by atoms with Crippen LogP contribution in [0.25, 0.3) is 22.2 Å². The summed E-state index contributed by atoms with van der Waals surface area (Å²) in [5.41, 5.74) is 4.43. The molecule has 1 aliphatic rings. The Balaban J connectivity index is 1.62. The molecule has 0 amide bonds. The van der Waals surface area contributed by atoms with Crippen molar-refractivity contribution in [1.82, 2.24) is 9.88 Å². The van der Waals surface area contributed by atoms with E-state index in [1.807, 2.05) is 6.07 Å². The summed E-state index contributed by atoms with van der Waals surface area (Å²) in [7, 11) is 2.18. The van der Waals surface area contributed by atoms with E-state index in [9.17, 15) is 0 Å². The molecule has 0 aliphatic carbocycles. The lowest BCUT2D eigenvalue weighted by Crippen LogP contribution is -2.44. The first kappa shape index (κ1) is 17.0. The molecule has 0 atom stereocenters. The molecule has 0 radical (unpaired) electrons. The van der Waals surface area contributed by atoms with Gasteiger partial charge in [-0.05, 0) is 53.3 Å². The number of hydrogen-bond donors (Lipinski definition) is 0. The number of nitrogens with zero attached hydrogens (tertiary/aromatic N) is 3. The molecule has 0 spiro atoms. The average molecular weight is 461 g/mol. The maximum absolute atomic E-state index is 4.85. The summed E-state index contributed by atoms with van der Waals surface area (Å²) in [6.07, 6.45) is 0. The van der Waals surface area contributed by atoms with Gasteiger partial charge >= 0.3 is 0 Å². The predicted molar refractivity (Wildman–Crippen MR) is 112 cm³/mol. The van der Waals surface area contributed by atoms with Gasteiger partial charge in [0.2, 0.25) is 0 Å². The molecular weight excluding hydrogens is 442 g/mol. The summed E-state index contributed by atoms with van der Waals surface area (Å²) in [5.74, 6) is 0. The van der Waals surface area contributed by atoms with E-state index in [1.54, 1.807) is 0 Å². The molecular formula is C20H19Br2N3. The molecule has 2 aromatic carbocycles. The van der Waals surface area contributed by atoms with E-state index in [1.165, 1.54) is 5.69 Å². The van der Waals surface area contributed by atoms with Gasteiger partial charge in [0.05, 0.1) is 11.2 Å². The number of piperazine rings is 1. The van der Waals surface area contributed by atoms with E-state index in [0.29, 0.717) is 0 Å². The van der Waals surface area contributed by atoms with Crippen molar-refractivity contribution in [3.63, 3.8) is 0 Å². The lowest BCUT2D eigenvalue weighted by molar-refractivity contribution is 0.313. The molecule has 0 unspecified atom stereocenters. The largest absolute Gasteiger partial charge is 0.369 e. The van der Waals surface area contributed by atoms with Crippen LogP contribution in [0.5, 0.6) is 0 Å². The van der Waals surface area contributed by atoms with Crippen molar-refractivity contribution in [2.45, 2.75) is 0 Å². The van der Waals surface area contributed by atoms with E-state index in [4.69, 9.17) is 4.98 Å². The van der Waals surface area contributed by atoms with Gasteiger partial charge in [0.25, 0.3) is 0 Å². The summed E-state index contributed by atoms with van der Waals surface area (Å²) in [4.78, 5) is 9.68. The molecule has 0 bridgehead atoms. The fraction of sp³-hybridized carbons (Fsp3) is 0.250. The van der Waals surface area contributed by atoms with Crippen LogP contribution in [0.15, 0.2) is 57.5 Å². The van der Waals surface area contributed by atoms with Gasteiger partial charge in [0, 0.05) is 51.8 Å². The van der Waals surface area contributed by atoms with Crippen LogP contribution in [0.1, 0.15) is 0 Å². The van der Waals surface area contributed by atoms with Crippen LogP contribution in [0, 0.1) is 0 Å². The maximum Gasteiger partial charge on any atom is 0.0852 e. The Morgan fingerprint density at radius 3 is 2.32 bits per heavy atom. The summed E-state index contributed by atoms with van der Waals surface area (Å²) < 4.78 is 2.06. The van der Waals surface area contributed by atoms with Crippen LogP contribution in [-0.4, -0.2) is 43.1 Å². The lowest BCUT2D eigenvalue weighted by atomic mass is 10.1. The van der Waals surface area contributed by atoms with Gasteiger partial charge in [-0.3, -0.25) is 0 Å². The van der Waals surface area contributed by atoms with Crippen LogP contribution >= 0.6 is 31.9 Å². The van der Waals surface area contributed by atoms with Crippen LogP contribution in [-0.2, 0) is 0 Å². The third-order valence-electron chi connectivity index (χ3n) is 4.74. The summed E-state index contributed by atoms with van der Waals surface area (Å²) in [6.45, 7) is 4.42. The summed E-state index contributed by atoms with van der Waals surface area (Å²) >= 11 is 7.15. The van der Waals surface area contributed by atoms with E-state index in [0.717, 1.165) is 57.3 Å². The van der Waals surface area contributed by atoms with Crippen LogP contribution in [0.2, 0.25) is 0 Å². The zero-order valence-electron chi connectivity index (χ0n) is 14.0. The van der Waals surface area contributed by atoms with E-state index in [-0.39, 0.29) is 0 Å². The SMILES string of the molecule is CN1CCN(c2ccc(-c3ccc4cc(Br)cc(Br)c4n3)cc2)CC1. The Morgan fingerprint density at radius 1 is 0.880 bits per heavy atom. The van der Waals surface area contributed by atoms with Gasteiger partial charge < -0.3 is 9.80 Å². The highest BCUT2D eigenvalue weighted by Gasteiger charge is 2.14. The van der Waals surface area contributed by atoms with Crippen molar-refractivity contribution in [1.29, 1.82) is 0 Å². The van der Waals surface area contributed by atoms with E-state index >= 15 is 0 Å². The number of pyridine rings is 1. The molecule has 1 aliphatic heterocycles. The molecule has 4 rings (SSSR count). The first-order valence-corrected chi connectivity index (χ1v) is 9.98. The molecule has 128 valence electrons. The minimum absolute atomic E-state index is 0.990. The molecule has 3 aromatic rings. The standard InChI is InChI=1S/C20H19Br2N3/c1-24-8-10-25(11-9-24)17-5-2-14(3-6-17)19-7-4-15-12-16(21)13-18(22)20(15)23-19/h2-7,12-13H,8-11H2,1H3. The minimum Gasteiger partial charge on any atom is -0.369 e. The van der Waals surface area contributed by atoms with Crippen LogP contribution < -0.4 is 4.90 Å². The molecule has 0 N–H and O–H groups in total. The highest BCUT2D eigenvalue weighted by atomic mass is 79.9. The number of benzene rings is 2. The van der Waals surface area contributed by atoms with Crippen molar-refractivity contribution < 1.29 is 0 Å². The molecule has 0 saturated carbocycles. The van der Waals surface area contributed by atoms with Crippen molar-refractivity contribution in [3.05, 3.63) is 57.5 Å². The third kappa shape index (κ3) is 3.59. The number of aromatic nitrogens is 1. The first-order chi connectivity index (χ1) is 12.1. The summed E-state index contributed by atoms with van der Waals surface area (Å²) in [5, 5.41) is 1.12. The number of likely N-dealkylation sites (N-methyl/N-ethyl adjacent to an activating group) is 1. The average Bonchev–Trinajstić information content (AvgIpc) is 2.62. The van der Waals surface area contributed by atoms with Crippen molar-refractivity contribution in [2.24, 2.45) is 0 Å². The molecule has 2 heterocycles. The van der Waals surface area contributed by atoms with Gasteiger partial charge in [-0.25, -0.2) is 4.98 Å². The monoisotopic (exact) mass is 459 g/mol. The van der Waals surface area contributed by atoms with Crippen LogP contribution in [0.4, 0.5) is 5.69 Å². The summed E-state index contributed by atoms with van der Waals surface area (Å²) in [6, 6.07) is 17.1. The Labute approximate surface area is 164 Å². The minimum atomic E-state index is 0.990. The van der Waals surface area contributed by atoms with Crippen molar-refractivity contribution >= 4 is 48.5 Å². The Morgan fingerprint density at radius 2 is 1.60 bits per heavy atom. The van der Waals surface area contributed by atoms with E-state index in [2.05, 4.69) is 91.2 Å². The topological polar surface area (TPSA) is 19.4 Å². The van der Waals surface area contributed by atoms with Gasteiger partial charge in [-0.1, -0.05) is 34.1 Å². The fourth-order valence-corrected chi connectivity index (χ4v) is 4.57. The first-order valence-electron chi connectivity index (χ1n) is 8.40. The normalized spacial score (nSPS) is 15.7. The second-order valence-electron chi connectivity index (χ2n) is 6.49. The number of rotatable bonds is 2. The number of anilines is 1. The second kappa shape index (κ2) is 7.06. The fourth-order valence-electron chi connectivity index (χ4n) is 3.23. The van der Waals surface area contributed by atoms with Gasteiger partial charge in [-0.15, -0.1) is 0 Å². The second-order valence-corrected chi connectivity index (χ2v) is 8.26. The van der Waals surface area contributed by atoms with Crippen molar-refractivity contribution in [2.75, 3.05) is 38.1 Å². The molecule has 1 aromatic heterocycles. The Kier molecular flexibility index (Phi) is 4.80. The Hall–Kier alpha value is -1.43. The zero-order valence-corrected chi connectivity index (χ0v) is 17.2. The Bertz CT molecular complexity index is 901. The molecule has 1 saturated heterocycles. The van der Waals surface area contributed by atoms with Gasteiger partial charge in [0.1, 0.15) is 0 Å². The highest BCUT2D eigenvalue weighted by Crippen LogP contribution is 2.30.